The molecule has 3 unspecified atom stereocenters. The molecule has 0 aromatic rings. The van der Waals surface area contributed by atoms with Crippen molar-refractivity contribution < 1.29 is 9.16 Å². The molecule has 2 saturated heterocycles. The lowest BCUT2D eigenvalue weighted by atomic mass is 9.91. The lowest BCUT2D eigenvalue weighted by Crippen LogP contribution is -2.45. The Hall–Kier alpha value is 0.0969. The Kier molecular flexibility index (Phi) is 3.94. The van der Waals surface area contributed by atoms with Gasteiger partial charge in [-0.15, -0.1) is 0 Å². The van der Waals surface area contributed by atoms with Crippen LogP contribution in [0, 0.1) is 5.92 Å². The first-order valence-electron chi connectivity index (χ1n) is 7.57. The molecule has 2 aliphatic heterocycles. The van der Waals surface area contributed by atoms with Crippen LogP contribution in [0.25, 0.3) is 0 Å². The van der Waals surface area contributed by atoms with E-state index in [1.807, 2.05) is 0 Å². The van der Waals surface area contributed by atoms with Crippen LogP contribution in [0.2, 0.25) is 18.1 Å². The summed E-state index contributed by atoms with van der Waals surface area (Å²) in [6.07, 6.45) is 1.54. The van der Waals surface area contributed by atoms with Gasteiger partial charge in [0, 0.05) is 25.1 Å². The minimum Gasteiger partial charge on any atom is -0.415 e. The molecule has 19 heavy (non-hydrogen) atoms. The van der Waals surface area contributed by atoms with Gasteiger partial charge in [-0.3, -0.25) is 0 Å². The third-order valence-electron chi connectivity index (χ3n) is 5.20. The molecular weight excluding hydrogens is 254 g/mol. The van der Waals surface area contributed by atoms with Gasteiger partial charge in [0.25, 0.3) is 0 Å². The Bertz CT molecular complexity index is 336. The van der Waals surface area contributed by atoms with Crippen LogP contribution in [0.15, 0.2) is 0 Å². The summed E-state index contributed by atoms with van der Waals surface area (Å²) >= 11 is 0. The summed E-state index contributed by atoms with van der Waals surface area (Å²) in [5, 5.41) is 3.88. The zero-order valence-electron chi connectivity index (χ0n) is 13.7. The SMILES string of the molecule is CC1(C)CC2C(CO[Si](C)(C)C(C)(C)C)NCC2O1. The van der Waals surface area contributed by atoms with Crippen molar-refractivity contribution in [2.24, 2.45) is 5.92 Å². The van der Waals surface area contributed by atoms with E-state index in [1.54, 1.807) is 0 Å². The van der Waals surface area contributed by atoms with Crippen molar-refractivity contribution >= 4 is 8.32 Å². The maximum atomic E-state index is 6.38. The van der Waals surface area contributed by atoms with Gasteiger partial charge < -0.3 is 14.5 Å². The second-order valence-electron chi connectivity index (χ2n) is 8.37. The summed E-state index contributed by atoms with van der Waals surface area (Å²) < 4.78 is 12.5. The zero-order chi connectivity index (χ0) is 14.5. The molecule has 0 amide bonds. The summed E-state index contributed by atoms with van der Waals surface area (Å²) in [5.41, 5.74) is 0.0483. The normalized spacial score (nSPS) is 34.6. The van der Waals surface area contributed by atoms with Crippen molar-refractivity contribution in [2.75, 3.05) is 13.2 Å². The van der Waals surface area contributed by atoms with Crippen LogP contribution in [-0.2, 0) is 9.16 Å². The number of hydrogen-bond donors (Lipinski definition) is 1. The molecule has 3 atom stereocenters. The average molecular weight is 286 g/mol. The van der Waals surface area contributed by atoms with E-state index in [4.69, 9.17) is 9.16 Å². The van der Waals surface area contributed by atoms with E-state index in [-0.39, 0.29) is 10.6 Å². The molecule has 3 nitrogen and oxygen atoms in total. The highest BCUT2D eigenvalue weighted by Crippen LogP contribution is 2.41. The maximum absolute atomic E-state index is 6.38. The summed E-state index contributed by atoms with van der Waals surface area (Å²) in [6, 6.07) is 0.473. The zero-order valence-corrected chi connectivity index (χ0v) is 14.7. The van der Waals surface area contributed by atoms with Gasteiger partial charge in [0.1, 0.15) is 0 Å². The number of rotatable bonds is 3. The third kappa shape index (κ3) is 3.23. The van der Waals surface area contributed by atoms with E-state index in [1.165, 1.54) is 0 Å². The predicted molar refractivity (Wildman–Crippen MR) is 82.0 cm³/mol. The Morgan fingerprint density at radius 3 is 2.53 bits per heavy atom. The first-order chi connectivity index (χ1) is 8.52. The van der Waals surface area contributed by atoms with Gasteiger partial charge in [-0.1, -0.05) is 20.8 Å². The Morgan fingerprint density at radius 1 is 1.32 bits per heavy atom. The van der Waals surface area contributed by atoms with E-state index in [0.717, 1.165) is 19.6 Å². The van der Waals surface area contributed by atoms with E-state index in [9.17, 15) is 0 Å². The van der Waals surface area contributed by atoms with E-state index in [0.29, 0.717) is 18.1 Å². The molecule has 0 aliphatic carbocycles. The molecule has 112 valence electrons. The van der Waals surface area contributed by atoms with Gasteiger partial charge in [0.05, 0.1) is 11.7 Å². The molecule has 2 aliphatic rings. The lowest BCUT2D eigenvalue weighted by Gasteiger charge is -2.37. The highest BCUT2D eigenvalue weighted by Gasteiger charge is 2.48. The fourth-order valence-corrected chi connectivity index (χ4v) is 3.98. The van der Waals surface area contributed by atoms with Crippen LogP contribution in [-0.4, -0.2) is 39.2 Å². The summed E-state index contributed by atoms with van der Waals surface area (Å²) in [6.45, 7) is 17.8. The van der Waals surface area contributed by atoms with Crippen LogP contribution in [0.1, 0.15) is 41.0 Å². The smallest absolute Gasteiger partial charge is 0.192 e. The average Bonchev–Trinajstić information content (AvgIpc) is 2.68. The van der Waals surface area contributed by atoms with Crippen LogP contribution < -0.4 is 5.32 Å². The monoisotopic (exact) mass is 285 g/mol. The van der Waals surface area contributed by atoms with Crippen molar-refractivity contribution in [2.45, 2.75) is 76.9 Å². The third-order valence-corrected chi connectivity index (χ3v) is 9.70. The van der Waals surface area contributed by atoms with E-state index >= 15 is 0 Å². The van der Waals surface area contributed by atoms with Crippen LogP contribution in [0.4, 0.5) is 0 Å². The Balaban J connectivity index is 1.91. The fourth-order valence-electron chi connectivity index (χ4n) is 2.95. The van der Waals surface area contributed by atoms with Crippen molar-refractivity contribution in [1.82, 2.24) is 5.32 Å². The Morgan fingerprint density at radius 2 is 1.95 bits per heavy atom. The van der Waals surface area contributed by atoms with Gasteiger partial charge in [0.2, 0.25) is 0 Å². The number of ether oxygens (including phenoxy) is 1. The van der Waals surface area contributed by atoms with Gasteiger partial charge in [-0.25, -0.2) is 0 Å². The number of nitrogens with one attached hydrogen (secondary N) is 1. The second kappa shape index (κ2) is 4.83. The van der Waals surface area contributed by atoms with Gasteiger partial charge >= 0.3 is 0 Å². The number of fused-ring (bicyclic) bond motifs is 1. The van der Waals surface area contributed by atoms with Gasteiger partial charge in [-0.05, 0) is 38.4 Å². The molecule has 0 aromatic carbocycles. The fraction of sp³-hybridized carbons (Fsp3) is 1.00. The van der Waals surface area contributed by atoms with Crippen LogP contribution >= 0.6 is 0 Å². The topological polar surface area (TPSA) is 30.5 Å². The van der Waals surface area contributed by atoms with Crippen molar-refractivity contribution in [3.63, 3.8) is 0 Å². The first-order valence-corrected chi connectivity index (χ1v) is 10.5. The first kappa shape index (κ1) is 15.5. The molecule has 0 spiro atoms. The summed E-state index contributed by atoms with van der Waals surface area (Å²) in [7, 11) is -1.63. The van der Waals surface area contributed by atoms with E-state index < -0.39 is 8.32 Å². The molecule has 2 fully saturated rings. The maximum Gasteiger partial charge on any atom is 0.192 e. The predicted octanol–water partition coefficient (Wildman–Crippen LogP) is 3.16. The number of hydrogen-bond acceptors (Lipinski definition) is 3. The highest BCUT2D eigenvalue weighted by atomic mass is 28.4. The van der Waals surface area contributed by atoms with Gasteiger partial charge in [0.15, 0.2) is 8.32 Å². The molecule has 4 heteroatoms. The van der Waals surface area contributed by atoms with Crippen molar-refractivity contribution in [3.05, 3.63) is 0 Å². The molecule has 2 heterocycles. The van der Waals surface area contributed by atoms with Crippen molar-refractivity contribution in [3.8, 4) is 0 Å². The molecule has 0 radical (unpaired) electrons. The summed E-state index contributed by atoms with van der Waals surface area (Å²) in [4.78, 5) is 0. The lowest BCUT2D eigenvalue weighted by molar-refractivity contribution is -0.0120. The Labute approximate surface area is 119 Å². The van der Waals surface area contributed by atoms with Crippen LogP contribution in [0.5, 0.6) is 0 Å². The molecular formula is C15H31NO2Si. The standard InChI is InChI=1S/C15H31NO2Si/c1-14(2,3)19(6,7)17-10-12-11-8-15(4,5)18-13(11)9-16-12/h11-13,16H,8-10H2,1-7H3. The quantitative estimate of drug-likeness (QED) is 0.808. The molecule has 1 N–H and O–H groups in total. The largest absolute Gasteiger partial charge is 0.415 e. The van der Waals surface area contributed by atoms with E-state index in [2.05, 4.69) is 53.0 Å². The van der Waals surface area contributed by atoms with Crippen molar-refractivity contribution in [1.29, 1.82) is 0 Å². The molecule has 2 rings (SSSR count). The van der Waals surface area contributed by atoms with Gasteiger partial charge in [-0.2, -0.15) is 0 Å². The molecule has 0 aromatic heterocycles. The molecule has 0 saturated carbocycles. The van der Waals surface area contributed by atoms with Crippen LogP contribution in [0.3, 0.4) is 0 Å². The summed E-state index contributed by atoms with van der Waals surface area (Å²) in [5.74, 6) is 0.625. The minimum atomic E-state index is -1.63. The molecule has 0 bridgehead atoms. The minimum absolute atomic E-state index is 0.0483. The second-order valence-corrected chi connectivity index (χ2v) is 13.2. The highest BCUT2D eigenvalue weighted by molar-refractivity contribution is 6.74.